The summed E-state index contributed by atoms with van der Waals surface area (Å²) >= 11 is 3.21. The summed E-state index contributed by atoms with van der Waals surface area (Å²) in [7, 11) is 1.43. The lowest BCUT2D eigenvalue weighted by Crippen LogP contribution is -2.27. The Labute approximate surface area is 154 Å². The van der Waals surface area contributed by atoms with Crippen molar-refractivity contribution in [3.05, 3.63) is 63.6 Å². The van der Waals surface area contributed by atoms with E-state index < -0.39 is 5.91 Å². The van der Waals surface area contributed by atoms with Crippen molar-refractivity contribution in [3.8, 4) is 17.6 Å². The number of halogens is 1. The molecule has 0 aliphatic rings. The Bertz CT molecular complexity index is 842. The van der Waals surface area contributed by atoms with Gasteiger partial charge in [-0.1, -0.05) is 30.3 Å². The number of phenolic OH excluding ortho intramolecular Hbond substituents is 1. The monoisotopic (exact) mass is 400 g/mol. The largest absolute Gasteiger partial charge is 0.503 e. The number of carbonyl (C=O) groups is 1. The van der Waals surface area contributed by atoms with Gasteiger partial charge in [0.05, 0.1) is 17.6 Å². The minimum Gasteiger partial charge on any atom is -0.503 e. The SMILES string of the molecule is COc1cc(/C=C(\C#N)C(=O)N[C@@H](C)c2ccccc2)cc(Br)c1O. The number of nitrogens with zero attached hydrogens (tertiary/aromatic N) is 1. The summed E-state index contributed by atoms with van der Waals surface area (Å²) in [5.41, 5.74) is 1.46. The van der Waals surface area contributed by atoms with Crippen LogP contribution in [0.1, 0.15) is 24.1 Å². The summed E-state index contributed by atoms with van der Waals surface area (Å²) in [6.45, 7) is 1.85. The third-order valence-corrected chi connectivity index (χ3v) is 4.20. The van der Waals surface area contributed by atoms with Gasteiger partial charge in [0, 0.05) is 0 Å². The topological polar surface area (TPSA) is 82.3 Å². The molecule has 0 unspecified atom stereocenters. The van der Waals surface area contributed by atoms with Crippen LogP contribution in [0, 0.1) is 11.3 Å². The van der Waals surface area contributed by atoms with Crippen LogP contribution in [-0.2, 0) is 4.79 Å². The van der Waals surface area contributed by atoms with E-state index >= 15 is 0 Å². The fraction of sp³-hybridized carbons (Fsp3) is 0.158. The molecule has 1 atom stereocenters. The molecule has 2 N–H and O–H groups in total. The first kappa shape index (κ1) is 18.6. The van der Waals surface area contributed by atoms with E-state index in [-0.39, 0.29) is 23.1 Å². The number of aromatic hydroxyl groups is 1. The molecule has 0 saturated carbocycles. The number of amides is 1. The van der Waals surface area contributed by atoms with Crippen molar-refractivity contribution >= 4 is 27.9 Å². The smallest absolute Gasteiger partial charge is 0.262 e. The van der Waals surface area contributed by atoms with E-state index in [1.807, 2.05) is 43.3 Å². The summed E-state index contributed by atoms with van der Waals surface area (Å²) in [4.78, 5) is 12.4. The zero-order valence-electron chi connectivity index (χ0n) is 13.8. The number of ether oxygens (including phenoxy) is 1. The van der Waals surface area contributed by atoms with Crippen molar-refractivity contribution in [2.24, 2.45) is 0 Å². The maximum absolute atomic E-state index is 12.4. The molecule has 0 bridgehead atoms. The Hall–Kier alpha value is -2.78. The van der Waals surface area contributed by atoms with Gasteiger partial charge in [0.1, 0.15) is 11.6 Å². The highest BCUT2D eigenvalue weighted by Gasteiger charge is 2.15. The normalized spacial score (nSPS) is 12.2. The van der Waals surface area contributed by atoms with Crippen molar-refractivity contribution in [2.45, 2.75) is 13.0 Å². The standard InChI is InChI=1S/C19H17BrN2O3/c1-12(14-6-4-3-5-7-14)22-19(24)15(11-21)8-13-9-16(20)18(23)17(10-13)25-2/h3-10,12,23H,1-2H3,(H,22,24)/b15-8+/t12-/m0/s1. The molecule has 6 heteroatoms. The molecule has 0 spiro atoms. The van der Waals surface area contributed by atoms with Gasteiger partial charge in [-0.25, -0.2) is 0 Å². The van der Waals surface area contributed by atoms with Gasteiger partial charge in [0.15, 0.2) is 11.5 Å². The molecule has 2 rings (SSSR count). The summed E-state index contributed by atoms with van der Waals surface area (Å²) in [6, 6.07) is 14.3. The fourth-order valence-electron chi connectivity index (χ4n) is 2.25. The minimum atomic E-state index is -0.470. The highest BCUT2D eigenvalue weighted by atomic mass is 79.9. The predicted octanol–water partition coefficient (Wildman–Crippen LogP) is 3.95. The van der Waals surface area contributed by atoms with E-state index in [4.69, 9.17) is 4.74 Å². The van der Waals surface area contributed by atoms with E-state index in [0.717, 1.165) is 5.56 Å². The van der Waals surface area contributed by atoms with E-state index in [1.165, 1.54) is 13.2 Å². The summed E-state index contributed by atoms with van der Waals surface area (Å²) in [5.74, 6) is -0.265. The molecule has 0 saturated heterocycles. The second-order valence-electron chi connectivity index (χ2n) is 5.33. The molecular formula is C19H17BrN2O3. The quantitative estimate of drug-likeness (QED) is 0.587. The van der Waals surface area contributed by atoms with Crippen molar-refractivity contribution in [2.75, 3.05) is 7.11 Å². The molecule has 2 aromatic rings. The van der Waals surface area contributed by atoms with E-state index in [9.17, 15) is 15.2 Å². The zero-order chi connectivity index (χ0) is 18.4. The second-order valence-corrected chi connectivity index (χ2v) is 6.18. The maximum Gasteiger partial charge on any atom is 0.262 e. The zero-order valence-corrected chi connectivity index (χ0v) is 15.4. The van der Waals surface area contributed by atoms with E-state index in [0.29, 0.717) is 10.0 Å². The first-order valence-electron chi connectivity index (χ1n) is 7.50. The molecule has 25 heavy (non-hydrogen) atoms. The number of phenols is 1. The fourth-order valence-corrected chi connectivity index (χ4v) is 2.71. The van der Waals surface area contributed by atoms with E-state index in [1.54, 1.807) is 12.1 Å². The van der Waals surface area contributed by atoms with Crippen LogP contribution in [0.25, 0.3) is 6.08 Å². The molecule has 5 nitrogen and oxygen atoms in total. The average Bonchev–Trinajstić information content (AvgIpc) is 2.62. The third-order valence-electron chi connectivity index (χ3n) is 3.59. The minimum absolute atomic E-state index is 0.0394. The highest BCUT2D eigenvalue weighted by Crippen LogP contribution is 2.35. The maximum atomic E-state index is 12.4. The Kier molecular flexibility index (Phi) is 6.20. The molecule has 1 amide bonds. The molecule has 0 heterocycles. The number of carbonyl (C=O) groups excluding carboxylic acids is 1. The van der Waals surface area contributed by atoms with Gasteiger partial charge >= 0.3 is 0 Å². The van der Waals surface area contributed by atoms with Gasteiger partial charge in [0.2, 0.25) is 0 Å². The van der Waals surface area contributed by atoms with Crippen molar-refractivity contribution in [1.29, 1.82) is 5.26 Å². The lowest BCUT2D eigenvalue weighted by molar-refractivity contribution is -0.117. The van der Waals surface area contributed by atoms with Crippen molar-refractivity contribution in [1.82, 2.24) is 5.32 Å². The number of rotatable bonds is 5. The molecule has 0 aliphatic heterocycles. The Morgan fingerprint density at radius 1 is 1.36 bits per heavy atom. The first-order valence-corrected chi connectivity index (χ1v) is 8.29. The highest BCUT2D eigenvalue weighted by molar-refractivity contribution is 9.10. The van der Waals surface area contributed by atoms with Crippen LogP contribution in [0.15, 0.2) is 52.5 Å². The number of benzene rings is 2. The number of nitriles is 1. The van der Waals surface area contributed by atoms with E-state index in [2.05, 4.69) is 21.2 Å². The van der Waals surface area contributed by atoms with Gasteiger partial charge in [-0.3, -0.25) is 4.79 Å². The van der Waals surface area contributed by atoms with Crippen molar-refractivity contribution in [3.63, 3.8) is 0 Å². The molecule has 0 radical (unpaired) electrons. The number of methoxy groups -OCH3 is 1. The Morgan fingerprint density at radius 3 is 2.64 bits per heavy atom. The molecule has 0 aliphatic carbocycles. The number of nitrogens with one attached hydrogen (secondary N) is 1. The first-order chi connectivity index (χ1) is 12.0. The van der Waals surface area contributed by atoms with Crippen molar-refractivity contribution < 1.29 is 14.6 Å². The molecule has 128 valence electrons. The Morgan fingerprint density at radius 2 is 2.04 bits per heavy atom. The predicted molar refractivity (Wildman–Crippen MR) is 98.9 cm³/mol. The number of hydrogen-bond donors (Lipinski definition) is 2. The number of hydrogen-bond acceptors (Lipinski definition) is 4. The molecule has 0 fully saturated rings. The summed E-state index contributed by atoms with van der Waals surface area (Å²) in [6.07, 6.45) is 1.44. The van der Waals surface area contributed by atoms with Crippen LogP contribution < -0.4 is 10.1 Å². The van der Waals surface area contributed by atoms with Gasteiger partial charge in [-0.2, -0.15) is 5.26 Å². The summed E-state index contributed by atoms with van der Waals surface area (Å²) < 4.78 is 5.48. The van der Waals surface area contributed by atoms with Crippen LogP contribution in [0.5, 0.6) is 11.5 Å². The Balaban J connectivity index is 2.24. The van der Waals surface area contributed by atoms with Crippen LogP contribution in [0.2, 0.25) is 0 Å². The average molecular weight is 401 g/mol. The lowest BCUT2D eigenvalue weighted by Gasteiger charge is -2.14. The van der Waals surface area contributed by atoms with Gasteiger partial charge in [0.25, 0.3) is 5.91 Å². The van der Waals surface area contributed by atoms with Crippen LogP contribution >= 0.6 is 15.9 Å². The van der Waals surface area contributed by atoms with Gasteiger partial charge < -0.3 is 15.2 Å². The molecule has 2 aromatic carbocycles. The van der Waals surface area contributed by atoms with Crippen LogP contribution in [0.3, 0.4) is 0 Å². The second kappa shape index (κ2) is 8.36. The van der Waals surface area contributed by atoms with Gasteiger partial charge in [-0.15, -0.1) is 0 Å². The van der Waals surface area contributed by atoms with Crippen LogP contribution in [0.4, 0.5) is 0 Å². The molecular weight excluding hydrogens is 384 g/mol. The van der Waals surface area contributed by atoms with Gasteiger partial charge in [-0.05, 0) is 52.2 Å². The lowest BCUT2D eigenvalue weighted by atomic mass is 10.1. The summed E-state index contributed by atoms with van der Waals surface area (Å²) in [5, 5.41) is 22.0. The van der Waals surface area contributed by atoms with Crippen LogP contribution in [-0.4, -0.2) is 18.1 Å². The molecule has 0 aromatic heterocycles. The third kappa shape index (κ3) is 4.61.